The number of halogens is 5. The number of hydrogen-bond donors (Lipinski definition) is 1. The van der Waals surface area contributed by atoms with Crippen molar-refractivity contribution in [1.82, 2.24) is 0 Å². The van der Waals surface area contributed by atoms with Crippen molar-refractivity contribution in [3.8, 4) is 0 Å². The Labute approximate surface area is 213 Å². The number of nitrogens with one attached hydrogen (secondary N) is 1. The van der Waals surface area contributed by atoms with Gasteiger partial charge in [0.2, 0.25) is 0 Å². The second-order valence-corrected chi connectivity index (χ2v) is 9.74. The van der Waals surface area contributed by atoms with Crippen LogP contribution < -0.4 is 10.2 Å². The zero-order chi connectivity index (χ0) is 25.5. The molecule has 0 aromatic heterocycles. The fourth-order valence-electron chi connectivity index (χ4n) is 3.50. The first-order valence-corrected chi connectivity index (χ1v) is 11.8. The molecular formula is C25H17Cl2F3N2O2S. The van der Waals surface area contributed by atoms with Gasteiger partial charge in [-0.15, -0.1) is 0 Å². The lowest BCUT2D eigenvalue weighted by Crippen LogP contribution is -2.33. The molecule has 0 bridgehead atoms. The lowest BCUT2D eigenvalue weighted by Gasteiger charge is -2.19. The van der Waals surface area contributed by atoms with Crippen LogP contribution in [0.25, 0.3) is 0 Å². The van der Waals surface area contributed by atoms with Crippen LogP contribution in [0.1, 0.15) is 16.7 Å². The Balaban J connectivity index is 1.80. The standard InChI is InChI=1S/C25H17Cl2F3N2O2S/c1-13-3-10-19(14(2)11-13)31-21-22(35-17-7-5-16(26)6-8-17)24(34)32(23(21)33)20-12-15(25(28,29)30)4-9-18(20)27/h3-12,31H,1-2H3. The van der Waals surface area contributed by atoms with Gasteiger partial charge in [0, 0.05) is 15.6 Å². The van der Waals surface area contributed by atoms with Gasteiger partial charge in [-0.3, -0.25) is 9.59 Å². The van der Waals surface area contributed by atoms with Gasteiger partial charge in [0.15, 0.2) is 0 Å². The Kier molecular flexibility index (Phi) is 6.90. The number of rotatable bonds is 5. The van der Waals surface area contributed by atoms with Crippen LogP contribution in [0.2, 0.25) is 10.0 Å². The topological polar surface area (TPSA) is 49.4 Å². The highest BCUT2D eigenvalue weighted by Crippen LogP contribution is 2.42. The normalized spacial score (nSPS) is 14.2. The minimum atomic E-state index is -4.68. The Bertz CT molecular complexity index is 1370. The summed E-state index contributed by atoms with van der Waals surface area (Å²) < 4.78 is 40.0. The largest absolute Gasteiger partial charge is 0.416 e. The molecule has 3 aromatic rings. The van der Waals surface area contributed by atoms with Crippen LogP contribution in [-0.2, 0) is 15.8 Å². The van der Waals surface area contributed by atoms with Crippen molar-refractivity contribution in [1.29, 1.82) is 0 Å². The maximum absolute atomic E-state index is 13.5. The highest BCUT2D eigenvalue weighted by Gasteiger charge is 2.42. The number of thioether (sulfide) groups is 1. The van der Waals surface area contributed by atoms with Crippen molar-refractivity contribution in [2.75, 3.05) is 10.2 Å². The number of hydrogen-bond acceptors (Lipinski definition) is 4. The second-order valence-electron chi connectivity index (χ2n) is 7.81. The average Bonchev–Trinajstić information content (AvgIpc) is 3.00. The zero-order valence-corrected chi connectivity index (χ0v) is 20.7. The molecule has 1 N–H and O–H groups in total. The molecule has 0 saturated carbocycles. The van der Waals surface area contributed by atoms with Gasteiger partial charge in [-0.05, 0) is 67.9 Å². The van der Waals surface area contributed by atoms with Gasteiger partial charge in [-0.25, -0.2) is 4.90 Å². The van der Waals surface area contributed by atoms with Crippen molar-refractivity contribution in [3.63, 3.8) is 0 Å². The predicted octanol–water partition coefficient (Wildman–Crippen LogP) is 7.62. The van der Waals surface area contributed by atoms with Crippen molar-refractivity contribution in [3.05, 3.63) is 98.0 Å². The van der Waals surface area contributed by atoms with Gasteiger partial charge in [0.1, 0.15) is 10.6 Å². The summed E-state index contributed by atoms with van der Waals surface area (Å²) in [7, 11) is 0. The molecule has 10 heteroatoms. The average molecular weight is 537 g/mol. The summed E-state index contributed by atoms with van der Waals surface area (Å²) in [4.78, 5) is 28.2. The van der Waals surface area contributed by atoms with Crippen LogP contribution in [-0.4, -0.2) is 11.8 Å². The van der Waals surface area contributed by atoms with E-state index < -0.39 is 23.6 Å². The van der Waals surface area contributed by atoms with Gasteiger partial charge in [0.05, 0.1) is 16.3 Å². The van der Waals surface area contributed by atoms with Crippen molar-refractivity contribution in [2.24, 2.45) is 0 Å². The van der Waals surface area contributed by atoms with E-state index in [2.05, 4.69) is 5.32 Å². The Morgan fingerprint density at radius 3 is 2.20 bits per heavy atom. The van der Waals surface area contributed by atoms with E-state index in [4.69, 9.17) is 23.2 Å². The first kappa shape index (κ1) is 25.2. The number of benzene rings is 3. The minimum Gasteiger partial charge on any atom is -0.350 e. The summed E-state index contributed by atoms with van der Waals surface area (Å²) in [5, 5.41) is 3.34. The van der Waals surface area contributed by atoms with Crippen molar-refractivity contribution < 1.29 is 22.8 Å². The van der Waals surface area contributed by atoms with E-state index in [1.54, 1.807) is 30.3 Å². The molecule has 4 nitrogen and oxygen atoms in total. The maximum Gasteiger partial charge on any atom is 0.416 e. The Morgan fingerprint density at radius 1 is 0.886 bits per heavy atom. The first-order chi connectivity index (χ1) is 16.5. The smallest absolute Gasteiger partial charge is 0.350 e. The maximum atomic E-state index is 13.5. The van der Waals surface area contributed by atoms with E-state index >= 15 is 0 Å². The number of imide groups is 1. The molecule has 4 rings (SSSR count). The predicted molar refractivity (Wildman–Crippen MR) is 133 cm³/mol. The summed E-state index contributed by atoms with van der Waals surface area (Å²) in [5.74, 6) is -1.60. The molecule has 0 atom stereocenters. The lowest BCUT2D eigenvalue weighted by atomic mass is 10.1. The van der Waals surface area contributed by atoms with E-state index in [-0.39, 0.29) is 21.3 Å². The van der Waals surface area contributed by atoms with Gasteiger partial charge >= 0.3 is 6.18 Å². The van der Waals surface area contributed by atoms with Crippen LogP contribution in [0.15, 0.2) is 76.2 Å². The van der Waals surface area contributed by atoms with Gasteiger partial charge in [-0.1, -0.05) is 52.7 Å². The van der Waals surface area contributed by atoms with Crippen molar-refractivity contribution in [2.45, 2.75) is 24.9 Å². The molecule has 0 saturated heterocycles. The van der Waals surface area contributed by atoms with E-state index in [9.17, 15) is 22.8 Å². The van der Waals surface area contributed by atoms with Gasteiger partial charge in [-0.2, -0.15) is 13.2 Å². The lowest BCUT2D eigenvalue weighted by molar-refractivity contribution is -0.137. The van der Waals surface area contributed by atoms with Gasteiger partial charge in [0.25, 0.3) is 11.8 Å². The van der Waals surface area contributed by atoms with Crippen LogP contribution >= 0.6 is 35.0 Å². The number of anilines is 2. The molecule has 0 spiro atoms. The molecule has 0 aliphatic carbocycles. The minimum absolute atomic E-state index is 0.0192. The third-order valence-corrected chi connectivity index (χ3v) is 6.89. The highest BCUT2D eigenvalue weighted by molar-refractivity contribution is 8.04. The molecule has 1 aliphatic rings. The van der Waals surface area contributed by atoms with Crippen LogP contribution in [0.5, 0.6) is 0 Å². The summed E-state index contributed by atoms with van der Waals surface area (Å²) in [6.07, 6.45) is -4.68. The zero-order valence-electron chi connectivity index (χ0n) is 18.3. The van der Waals surface area contributed by atoms with E-state index in [0.29, 0.717) is 26.6 Å². The number of amides is 2. The molecule has 2 amide bonds. The number of carbonyl (C=O) groups excluding carboxylic acids is 2. The number of carbonyl (C=O) groups is 2. The molecule has 1 aliphatic heterocycles. The summed E-state index contributed by atoms with van der Waals surface area (Å²) in [6, 6.07) is 14.6. The Morgan fingerprint density at radius 2 is 1.57 bits per heavy atom. The molecule has 0 radical (unpaired) electrons. The molecule has 180 valence electrons. The summed E-state index contributed by atoms with van der Waals surface area (Å²) in [5.41, 5.74) is 0.977. The van der Waals surface area contributed by atoms with Crippen LogP contribution in [0.4, 0.5) is 24.5 Å². The third-order valence-electron chi connectivity index (χ3n) is 5.23. The molecular weight excluding hydrogens is 520 g/mol. The summed E-state index contributed by atoms with van der Waals surface area (Å²) >= 11 is 13.1. The quantitative estimate of drug-likeness (QED) is 0.340. The first-order valence-electron chi connectivity index (χ1n) is 10.2. The molecule has 35 heavy (non-hydrogen) atoms. The fraction of sp³-hybridized carbons (Fsp3) is 0.120. The Hall–Kier alpha value is -2.94. The van der Waals surface area contributed by atoms with E-state index in [1.165, 1.54) is 0 Å². The third kappa shape index (κ3) is 5.19. The van der Waals surface area contributed by atoms with Gasteiger partial charge < -0.3 is 5.32 Å². The monoisotopic (exact) mass is 536 g/mol. The van der Waals surface area contributed by atoms with E-state index in [1.807, 2.05) is 26.0 Å². The summed E-state index contributed by atoms with van der Waals surface area (Å²) in [6.45, 7) is 3.75. The van der Waals surface area contributed by atoms with Crippen LogP contribution in [0.3, 0.4) is 0 Å². The molecule has 0 unspecified atom stereocenters. The number of aryl methyl sites for hydroxylation is 2. The molecule has 0 fully saturated rings. The van der Waals surface area contributed by atoms with Crippen LogP contribution in [0, 0.1) is 13.8 Å². The second kappa shape index (κ2) is 9.60. The van der Waals surface area contributed by atoms with E-state index in [0.717, 1.165) is 35.0 Å². The molecule has 1 heterocycles. The SMILES string of the molecule is Cc1ccc(NC2=C(Sc3ccc(Cl)cc3)C(=O)N(c3cc(C(F)(F)F)ccc3Cl)C2=O)c(C)c1. The van der Waals surface area contributed by atoms with Crippen molar-refractivity contribution >= 4 is 58.2 Å². The number of alkyl halides is 3. The fourth-order valence-corrected chi connectivity index (χ4v) is 4.76. The molecule has 3 aromatic carbocycles. The number of nitrogens with zero attached hydrogens (tertiary/aromatic N) is 1. The highest BCUT2D eigenvalue weighted by atomic mass is 35.5.